The summed E-state index contributed by atoms with van der Waals surface area (Å²) in [5, 5.41) is 10.1. The first-order valence-electron chi connectivity index (χ1n) is 12.3. The van der Waals surface area contributed by atoms with Crippen molar-refractivity contribution in [1.82, 2.24) is 20.0 Å². The Morgan fingerprint density at radius 3 is 2.32 bits per heavy atom. The van der Waals surface area contributed by atoms with Crippen LogP contribution in [0.1, 0.15) is 41.0 Å². The molecule has 8 nitrogen and oxygen atoms in total. The summed E-state index contributed by atoms with van der Waals surface area (Å²) in [5.41, 5.74) is 1.87. The third-order valence-corrected chi connectivity index (χ3v) is 7.39. The van der Waals surface area contributed by atoms with E-state index in [-0.39, 0.29) is 18.0 Å². The van der Waals surface area contributed by atoms with E-state index in [1.165, 1.54) is 6.07 Å². The molecule has 0 aliphatic carbocycles. The second kappa shape index (κ2) is 9.59. The third kappa shape index (κ3) is 4.69. The molecule has 2 amide bonds. The minimum Gasteiger partial charge on any atom is -0.369 e. The van der Waals surface area contributed by atoms with Crippen molar-refractivity contribution < 1.29 is 18.4 Å². The van der Waals surface area contributed by atoms with Crippen LogP contribution < -0.4 is 10.2 Å². The van der Waals surface area contributed by atoms with Gasteiger partial charge in [0.15, 0.2) is 5.82 Å². The number of carbonyl (C=O) groups excluding carboxylic acids is 2. The van der Waals surface area contributed by atoms with Crippen molar-refractivity contribution in [3.8, 4) is 0 Å². The molecule has 2 aliphatic heterocycles. The molecule has 2 aromatic carbocycles. The minimum atomic E-state index is -0.797. The van der Waals surface area contributed by atoms with E-state index in [9.17, 15) is 18.4 Å². The Bertz CT molecular complexity index is 1310. The van der Waals surface area contributed by atoms with Crippen molar-refractivity contribution in [2.24, 2.45) is 0 Å². The largest absolute Gasteiger partial charge is 0.369 e. The van der Waals surface area contributed by atoms with Gasteiger partial charge in [0.2, 0.25) is 5.91 Å². The van der Waals surface area contributed by atoms with Crippen LogP contribution in [0, 0.1) is 11.6 Å². The number of anilines is 2. The number of amides is 2. The molecule has 2 N–H and O–H groups in total. The van der Waals surface area contributed by atoms with Crippen LogP contribution in [0.4, 0.5) is 20.3 Å². The second-order valence-corrected chi connectivity index (χ2v) is 10.1. The van der Waals surface area contributed by atoms with Crippen LogP contribution in [0.2, 0.25) is 0 Å². The number of halogens is 2. The highest BCUT2D eigenvalue weighted by Gasteiger charge is 2.44. The van der Waals surface area contributed by atoms with Crippen molar-refractivity contribution in [2.45, 2.75) is 32.4 Å². The van der Waals surface area contributed by atoms with Crippen molar-refractivity contribution in [1.29, 1.82) is 0 Å². The first-order valence-corrected chi connectivity index (χ1v) is 12.3. The Hall–Kier alpha value is -3.79. The van der Waals surface area contributed by atoms with Crippen molar-refractivity contribution in [3.63, 3.8) is 0 Å². The summed E-state index contributed by atoms with van der Waals surface area (Å²) in [4.78, 5) is 32.2. The lowest BCUT2D eigenvalue weighted by molar-refractivity contribution is -0.136. The fourth-order valence-corrected chi connectivity index (χ4v) is 5.04. The monoisotopic (exact) mass is 508 g/mol. The van der Waals surface area contributed by atoms with Gasteiger partial charge in [-0.05, 0) is 57.3 Å². The van der Waals surface area contributed by atoms with Crippen LogP contribution >= 0.6 is 0 Å². The first kappa shape index (κ1) is 24.9. The Morgan fingerprint density at radius 1 is 1.03 bits per heavy atom. The Labute approximate surface area is 214 Å². The van der Waals surface area contributed by atoms with Crippen molar-refractivity contribution in [2.75, 3.05) is 43.4 Å². The summed E-state index contributed by atoms with van der Waals surface area (Å²) in [5.74, 6) is -1.90. The number of likely N-dealkylation sites (N-methyl/N-ethyl adjacent to an activating group) is 1. The molecule has 1 fully saturated rings. The van der Waals surface area contributed by atoms with E-state index in [1.54, 1.807) is 17.0 Å². The van der Waals surface area contributed by atoms with Crippen LogP contribution in [-0.2, 0) is 23.3 Å². The third-order valence-electron chi connectivity index (χ3n) is 7.39. The zero-order chi connectivity index (χ0) is 26.3. The van der Waals surface area contributed by atoms with Gasteiger partial charge in [-0.15, -0.1) is 0 Å². The number of carbonyl (C=O) groups is 2. The highest BCUT2D eigenvalue weighted by atomic mass is 19.1. The Kier molecular flexibility index (Phi) is 6.45. The van der Waals surface area contributed by atoms with Gasteiger partial charge in [0.05, 0.1) is 24.2 Å². The van der Waals surface area contributed by atoms with Crippen LogP contribution in [-0.4, -0.2) is 65.0 Å². The number of nitrogens with one attached hydrogen (secondary N) is 2. The molecule has 1 aromatic heterocycles. The number of fused-ring (bicyclic) bond motifs is 1. The number of piperazine rings is 1. The minimum absolute atomic E-state index is 0.158. The topological polar surface area (TPSA) is 84.6 Å². The molecule has 3 aromatic rings. The molecule has 0 spiro atoms. The van der Waals surface area contributed by atoms with Crippen LogP contribution in [0.25, 0.3) is 0 Å². The van der Waals surface area contributed by atoms with Crippen molar-refractivity contribution in [3.05, 3.63) is 76.5 Å². The smallest absolute Gasteiger partial charge is 0.256 e. The predicted octanol–water partition coefficient (Wildman–Crippen LogP) is 3.51. The number of H-pyrrole nitrogens is 1. The van der Waals surface area contributed by atoms with Gasteiger partial charge in [-0.1, -0.05) is 6.07 Å². The highest BCUT2D eigenvalue weighted by molar-refractivity contribution is 6.04. The van der Waals surface area contributed by atoms with E-state index in [4.69, 9.17) is 0 Å². The molecular formula is C27H30F2N6O2. The molecule has 37 heavy (non-hydrogen) atoms. The van der Waals surface area contributed by atoms with E-state index in [0.717, 1.165) is 44.0 Å². The molecule has 0 radical (unpaired) electrons. The quantitative estimate of drug-likeness (QED) is 0.551. The number of benzene rings is 2. The summed E-state index contributed by atoms with van der Waals surface area (Å²) in [6.45, 7) is 7.69. The van der Waals surface area contributed by atoms with E-state index in [2.05, 4.69) is 32.4 Å². The molecule has 1 saturated heterocycles. The maximum Gasteiger partial charge on any atom is 0.256 e. The number of hydrogen-bond acceptors (Lipinski definition) is 5. The highest BCUT2D eigenvalue weighted by Crippen LogP contribution is 2.41. The van der Waals surface area contributed by atoms with Gasteiger partial charge < -0.3 is 20.0 Å². The van der Waals surface area contributed by atoms with E-state index < -0.39 is 29.5 Å². The van der Waals surface area contributed by atoms with E-state index >= 15 is 0 Å². The molecule has 5 rings (SSSR count). The average molecular weight is 509 g/mol. The lowest BCUT2D eigenvalue weighted by Crippen LogP contribution is -2.44. The number of aromatic amines is 1. The molecule has 10 heteroatoms. The molecule has 3 heterocycles. The van der Waals surface area contributed by atoms with Gasteiger partial charge in [0, 0.05) is 48.6 Å². The summed E-state index contributed by atoms with van der Waals surface area (Å²) < 4.78 is 28.3. The predicted molar refractivity (Wildman–Crippen MR) is 136 cm³/mol. The molecule has 194 valence electrons. The molecular weight excluding hydrogens is 478 g/mol. The normalized spacial score (nSPS) is 17.1. The fraction of sp³-hybridized carbons (Fsp3) is 0.370. The van der Waals surface area contributed by atoms with Gasteiger partial charge in [-0.3, -0.25) is 14.7 Å². The molecule has 0 atom stereocenters. The average Bonchev–Trinajstić information content (AvgIpc) is 3.39. The summed E-state index contributed by atoms with van der Waals surface area (Å²) >= 11 is 0. The van der Waals surface area contributed by atoms with Gasteiger partial charge in [-0.25, -0.2) is 8.78 Å². The number of rotatable bonds is 5. The number of aromatic nitrogens is 2. The zero-order valence-corrected chi connectivity index (χ0v) is 21.1. The van der Waals surface area contributed by atoms with Crippen LogP contribution in [0.3, 0.4) is 0 Å². The lowest BCUT2D eigenvalue weighted by Gasteiger charge is -2.34. The van der Waals surface area contributed by atoms with Gasteiger partial charge in [-0.2, -0.15) is 5.10 Å². The fourth-order valence-electron chi connectivity index (χ4n) is 5.04. The standard InChI is InChI=1S/C27H30F2N6O2/c1-27(2)24-20(16-35(27)23(36)15-19-21(28)5-4-6-22(19)29)25(32-31-24)30-26(37)17-7-9-18(10-8-17)34-13-11-33(3)12-14-34/h4-10H,11-16H2,1-3H3,(H2,30,31,32,37). The Balaban J connectivity index is 1.28. The van der Waals surface area contributed by atoms with Gasteiger partial charge >= 0.3 is 0 Å². The number of nitrogens with zero attached hydrogens (tertiary/aromatic N) is 4. The second-order valence-electron chi connectivity index (χ2n) is 10.1. The lowest BCUT2D eigenvalue weighted by atomic mass is 10.00. The van der Waals surface area contributed by atoms with E-state index in [1.807, 2.05) is 26.0 Å². The molecule has 0 saturated carbocycles. The maximum absolute atomic E-state index is 14.1. The Morgan fingerprint density at radius 2 is 1.68 bits per heavy atom. The van der Waals surface area contributed by atoms with Crippen LogP contribution in [0.5, 0.6) is 0 Å². The molecule has 0 bridgehead atoms. The molecule has 0 unspecified atom stereocenters. The van der Waals surface area contributed by atoms with Crippen molar-refractivity contribution >= 4 is 23.3 Å². The zero-order valence-electron chi connectivity index (χ0n) is 21.1. The van der Waals surface area contributed by atoms with Gasteiger partial charge in [0.1, 0.15) is 11.6 Å². The SMILES string of the molecule is CN1CCN(c2ccc(C(=O)Nc3n[nH]c4c3CN(C(=O)Cc3c(F)cccc3F)C4(C)C)cc2)CC1. The first-order chi connectivity index (χ1) is 17.6. The van der Waals surface area contributed by atoms with Gasteiger partial charge in [0.25, 0.3) is 5.91 Å². The van der Waals surface area contributed by atoms with Crippen LogP contribution in [0.15, 0.2) is 42.5 Å². The summed E-state index contributed by atoms with van der Waals surface area (Å²) in [7, 11) is 2.11. The maximum atomic E-state index is 14.1. The summed E-state index contributed by atoms with van der Waals surface area (Å²) in [6.07, 6.45) is -0.402. The number of hydrogen-bond donors (Lipinski definition) is 2. The van der Waals surface area contributed by atoms with E-state index in [0.29, 0.717) is 22.6 Å². The molecule has 2 aliphatic rings. The summed E-state index contributed by atoms with van der Waals surface area (Å²) in [6, 6.07) is 11.0.